The molecule has 0 spiro atoms. The van der Waals surface area contributed by atoms with Gasteiger partial charge in [0.25, 0.3) is 0 Å². The van der Waals surface area contributed by atoms with Crippen molar-refractivity contribution in [2.24, 2.45) is 0 Å². The SMILES string of the molecule is CC(=O)c1c(F)c(F)c(OC(F)(F)c2ccc(F)c(F)c2F)c(F)c1F. The second-order valence-corrected chi connectivity index (χ2v) is 4.86. The first-order valence-corrected chi connectivity index (χ1v) is 6.47. The Morgan fingerprint density at radius 3 is 1.77 bits per heavy atom. The quantitative estimate of drug-likeness (QED) is 0.319. The molecule has 0 radical (unpaired) electrons. The molecule has 0 heterocycles. The summed E-state index contributed by atoms with van der Waals surface area (Å²) in [7, 11) is 0. The number of hydrogen-bond acceptors (Lipinski definition) is 2. The molecular weight excluding hydrogens is 383 g/mol. The Bertz CT molecular complexity index is 880. The number of ketones is 1. The van der Waals surface area contributed by atoms with Crippen molar-refractivity contribution in [2.45, 2.75) is 13.0 Å². The van der Waals surface area contributed by atoms with Gasteiger partial charge < -0.3 is 4.74 Å². The van der Waals surface area contributed by atoms with Gasteiger partial charge in [0.15, 0.2) is 34.9 Å². The van der Waals surface area contributed by atoms with Crippen molar-refractivity contribution in [3.8, 4) is 5.75 Å². The molecular formula is C15H5F9O2. The first-order valence-electron chi connectivity index (χ1n) is 6.47. The summed E-state index contributed by atoms with van der Waals surface area (Å²) in [5.74, 6) is -20.1. The first-order chi connectivity index (χ1) is 11.9. The van der Waals surface area contributed by atoms with E-state index in [0.29, 0.717) is 6.92 Å². The second-order valence-electron chi connectivity index (χ2n) is 4.86. The maximum atomic E-state index is 13.9. The minimum atomic E-state index is -5.06. The van der Waals surface area contributed by atoms with Crippen LogP contribution in [0.5, 0.6) is 5.75 Å². The van der Waals surface area contributed by atoms with Crippen molar-refractivity contribution in [2.75, 3.05) is 0 Å². The summed E-state index contributed by atoms with van der Waals surface area (Å²) in [6, 6.07) is 0.0674. The monoisotopic (exact) mass is 388 g/mol. The van der Waals surface area contributed by atoms with Crippen molar-refractivity contribution < 1.29 is 49.0 Å². The molecule has 2 aromatic rings. The van der Waals surface area contributed by atoms with Gasteiger partial charge >= 0.3 is 6.11 Å². The van der Waals surface area contributed by atoms with Gasteiger partial charge in [-0.1, -0.05) is 0 Å². The minimum Gasteiger partial charge on any atom is -0.422 e. The Kier molecular flexibility index (Phi) is 4.93. The van der Waals surface area contributed by atoms with Crippen LogP contribution in [0.25, 0.3) is 0 Å². The average molecular weight is 388 g/mol. The van der Waals surface area contributed by atoms with E-state index in [1.54, 1.807) is 0 Å². The summed E-state index contributed by atoms with van der Waals surface area (Å²) < 4.78 is 125. The Morgan fingerprint density at radius 1 is 0.808 bits per heavy atom. The van der Waals surface area contributed by atoms with E-state index in [0.717, 1.165) is 0 Å². The van der Waals surface area contributed by atoms with E-state index < -0.39 is 69.5 Å². The summed E-state index contributed by atoms with van der Waals surface area (Å²) in [6.45, 7) is 0.548. The standard InChI is InChI=1S/C15H5F9O2/c1-4(25)7-10(19)12(21)14(13(22)11(7)20)26-15(23,24)5-2-3-6(16)9(18)8(5)17/h2-3H,1H3. The van der Waals surface area contributed by atoms with Crippen LogP contribution in [0.3, 0.4) is 0 Å². The lowest BCUT2D eigenvalue weighted by Gasteiger charge is -2.20. The number of rotatable bonds is 4. The van der Waals surface area contributed by atoms with Crippen LogP contribution in [0.1, 0.15) is 22.8 Å². The fourth-order valence-corrected chi connectivity index (χ4v) is 1.94. The van der Waals surface area contributed by atoms with Crippen LogP contribution in [0.4, 0.5) is 39.5 Å². The number of carbonyl (C=O) groups excluding carboxylic acids is 1. The molecule has 2 nitrogen and oxygen atoms in total. The maximum absolute atomic E-state index is 13.9. The van der Waals surface area contributed by atoms with Crippen LogP contribution < -0.4 is 4.74 Å². The van der Waals surface area contributed by atoms with Gasteiger partial charge in [0, 0.05) is 0 Å². The van der Waals surface area contributed by atoms with E-state index in [1.165, 1.54) is 0 Å². The fraction of sp³-hybridized carbons (Fsp3) is 0.133. The van der Waals surface area contributed by atoms with E-state index in [2.05, 4.69) is 4.74 Å². The Morgan fingerprint density at radius 2 is 1.31 bits per heavy atom. The van der Waals surface area contributed by atoms with Gasteiger partial charge in [-0.2, -0.15) is 17.6 Å². The lowest BCUT2D eigenvalue weighted by Crippen LogP contribution is -2.26. The molecule has 11 heteroatoms. The van der Waals surface area contributed by atoms with Crippen LogP contribution in [-0.4, -0.2) is 5.78 Å². The lowest BCUT2D eigenvalue weighted by molar-refractivity contribution is -0.191. The number of alkyl halides is 2. The number of hydrogen-bond donors (Lipinski definition) is 0. The van der Waals surface area contributed by atoms with Crippen LogP contribution in [0, 0.1) is 40.7 Å². The zero-order chi connectivity index (χ0) is 20.0. The van der Waals surface area contributed by atoms with Crippen LogP contribution in [-0.2, 0) is 6.11 Å². The van der Waals surface area contributed by atoms with Gasteiger partial charge in [-0.05, 0) is 19.1 Å². The second kappa shape index (κ2) is 6.54. The number of carbonyl (C=O) groups is 1. The zero-order valence-electron chi connectivity index (χ0n) is 12.4. The van der Waals surface area contributed by atoms with Gasteiger partial charge in [0.1, 0.15) is 5.56 Å². The van der Waals surface area contributed by atoms with E-state index >= 15 is 0 Å². The van der Waals surface area contributed by atoms with Crippen molar-refractivity contribution in [1.82, 2.24) is 0 Å². The van der Waals surface area contributed by atoms with Gasteiger partial charge in [-0.3, -0.25) is 4.79 Å². The molecule has 0 unspecified atom stereocenters. The Hall–Kier alpha value is -2.72. The molecule has 0 fully saturated rings. The topological polar surface area (TPSA) is 26.3 Å². The summed E-state index contributed by atoms with van der Waals surface area (Å²) in [5, 5.41) is 0. The number of ether oxygens (including phenoxy) is 1. The predicted octanol–water partition coefficient (Wildman–Crippen LogP) is 4.99. The molecule has 0 aromatic heterocycles. The fourth-order valence-electron chi connectivity index (χ4n) is 1.94. The van der Waals surface area contributed by atoms with E-state index in [1.807, 2.05) is 0 Å². The molecule has 0 saturated heterocycles. The van der Waals surface area contributed by atoms with Crippen molar-refractivity contribution in [1.29, 1.82) is 0 Å². The summed E-state index contributed by atoms with van der Waals surface area (Å²) in [5.41, 5.74) is -3.68. The van der Waals surface area contributed by atoms with Crippen molar-refractivity contribution in [3.63, 3.8) is 0 Å². The molecule has 0 saturated carbocycles. The molecule has 0 bridgehead atoms. The smallest absolute Gasteiger partial charge is 0.422 e. The van der Waals surface area contributed by atoms with Gasteiger partial charge in [0.2, 0.25) is 17.4 Å². The molecule has 140 valence electrons. The highest BCUT2D eigenvalue weighted by Gasteiger charge is 2.42. The van der Waals surface area contributed by atoms with Crippen LogP contribution >= 0.6 is 0 Å². The largest absolute Gasteiger partial charge is 0.429 e. The summed E-state index contributed by atoms with van der Waals surface area (Å²) in [6.07, 6.45) is -5.06. The molecule has 0 aliphatic heterocycles. The number of benzene rings is 2. The lowest BCUT2D eigenvalue weighted by atomic mass is 10.1. The number of Topliss-reactive ketones (excluding diaryl/α,β-unsaturated/α-hetero) is 1. The van der Waals surface area contributed by atoms with E-state index in [-0.39, 0.29) is 12.1 Å². The maximum Gasteiger partial charge on any atom is 0.429 e. The van der Waals surface area contributed by atoms with Gasteiger partial charge in [-0.25, -0.2) is 22.0 Å². The molecule has 0 amide bonds. The molecule has 0 N–H and O–H groups in total. The first kappa shape index (κ1) is 19.6. The third-order valence-corrected chi connectivity index (χ3v) is 3.15. The zero-order valence-corrected chi connectivity index (χ0v) is 12.4. The highest BCUT2D eigenvalue weighted by Crippen LogP contribution is 2.38. The van der Waals surface area contributed by atoms with E-state index in [9.17, 15) is 44.3 Å². The van der Waals surface area contributed by atoms with Crippen LogP contribution in [0.2, 0.25) is 0 Å². The highest BCUT2D eigenvalue weighted by molar-refractivity contribution is 5.94. The highest BCUT2D eigenvalue weighted by atomic mass is 19.3. The Balaban J connectivity index is 2.61. The molecule has 2 rings (SSSR count). The molecule has 0 atom stereocenters. The van der Waals surface area contributed by atoms with Gasteiger partial charge in [0.05, 0.1) is 5.56 Å². The molecule has 0 aliphatic carbocycles. The van der Waals surface area contributed by atoms with Gasteiger partial charge in [-0.15, -0.1) is 0 Å². The van der Waals surface area contributed by atoms with Crippen molar-refractivity contribution >= 4 is 5.78 Å². The summed E-state index contributed by atoms with van der Waals surface area (Å²) in [4.78, 5) is 11.0. The normalized spacial score (nSPS) is 11.6. The molecule has 26 heavy (non-hydrogen) atoms. The third kappa shape index (κ3) is 3.08. The van der Waals surface area contributed by atoms with Crippen LogP contribution in [0.15, 0.2) is 12.1 Å². The van der Waals surface area contributed by atoms with Crippen molar-refractivity contribution in [3.05, 3.63) is 64.0 Å². The summed E-state index contributed by atoms with van der Waals surface area (Å²) >= 11 is 0. The Labute approximate surface area is 138 Å². The number of halogens is 9. The minimum absolute atomic E-state index is 0.000207. The van der Waals surface area contributed by atoms with E-state index in [4.69, 9.17) is 0 Å². The third-order valence-electron chi connectivity index (χ3n) is 3.15. The molecule has 0 aliphatic rings. The predicted molar refractivity (Wildman–Crippen MR) is 67.1 cm³/mol. The molecule has 2 aromatic carbocycles. The average Bonchev–Trinajstić information content (AvgIpc) is 2.54.